The number of benzene rings is 1. The number of pyridine rings is 1. The SMILES string of the molecule is CCCCCCCCCOC[n+]1cccc(NCn2nnc3ccccc32)c1.[Cl-]. The highest BCUT2D eigenvalue weighted by Crippen LogP contribution is 2.10. The average Bonchev–Trinajstić information content (AvgIpc) is 3.14. The van der Waals surface area contributed by atoms with Gasteiger partial charge in [0.15, 0.2) is 12.4 Å². The highest BCUT2D eigenvalue weighted by atomic mass is 35.5. The maximum Gasteiger partial charge on any atom is 0.252 e. The summed E-state index contributed by atoms with van der Waals surface area (Å²) in [6.45, 7) is 4.23. The average molecular weight is 418 g/mol. The van der Waals surface area contributed by atoms with E-state index in [0.29, 0.717) is 13.4 Å². The first kappa shape index (κ1) is 23.1. The standard InChI is InChI=1S/C22H32N5O.ClH/c1-2-3-4-5-6-7-10-16-28-19-26-15-11-12-20(17-26)23-18-27-22-14-9-8-13-21(22)24-25-27;/h8-9,11-15,17,23H,2-7,10,16,18-19H2,1H3;1H/q+1;/p-1. The lowest BCUT2D eigenvalue weighted by molar-refractivity contribution is -0.732. The summed E-state index contributed by atoms with van der Waals surface area (Å²) in [5.41, 5.74) is 2.96. The molecule has 29 heavy (non-hydrogen) atoms. The van der Waals surface area contributed by atoms with E-state index in [0.717, 1.165) is 29.7 Å². The van der Waals surface area contributed by atoms with E-state index in [9.17, 15) is 0 Å². The molecule has 0 unspecified atom stereocenters. The summed E-state index contributed by atoms with van der Waals surface area (Å²) in [7, 11) is 0. The van der Waals surface area contributed by atoms with Gasteiger partial charge >= 0.3 is 0 Å². The minimum absolute atomic E-state index is 0. The topological polar surface area (TPSA) is 55.9 Å². The minimum atomic E-state index is 0. The fourth-order valence-electron chi connectivity index (χ4n) is 3.24. The van der Waals surface area contributed by atoms with Gasteiger partial charge in [-0.15, -0.1) is 5.10 Å². The molecule has 0 aliphatic heterocycles. The summed E-state index contributed by atoms with van der Waals surface area (Å²) in [5.74, 6) is 0. The third kappa shape index (κ3) is 7.63. The van der Waals surface area contributed by atoms with Crippen LogP contribution >= 0.6 is 0 Å². The first-order valence-corrected chi connectivity index (χ1v) is 10.5. The highest BCUT2D eigenvalue weighted by Gasteiger charge is 2.05. The van der Waals surface area contributed by atoms with Gasteiger partial charge in [-0.25, -0.2) is 4.68 Å². The molecule has 2 aromatic heterocycles. The Morgan fingerprint density at radius 3 is 2.66 bits per heavy atom. The third-order valence-electron chi connectivity index (χ3n) is 4.84. The Hall–Kier alpha value is -2.18. The van der Waals surface area contributed by atoms with E-state index in [2.05, 4.69) is 33.3 Å². The van der Waals surface area contributed by atoms with Crippen molar-refractivity contribution >= 4 is 16.7 Å². The molecule has 0 aliphatic rings. The number of hydrogen-bond donors (Lipinski definition) is 1. The molecule has 2 heterocycles. The van der Waals surface area contributed by atoms with E-state index in [-0.39, 0.29) is 12.4 Å². The number of fused-ring (bicyclic) bond motifs is 1. The molecule has 0 bridgehead atoms. The minimum Gasteiger partial charge on any atom is -1.00 e. The second-order valence-electron chi connectivity index (χ2n) is 7.18. The van der Waals surface area contributed by atoms with Crippen molar-refractivity contribution in [2.45, 2.75) is 65.3 Å². The lowest BCUT2D eigenvalue weighted by Gasteiger charge is -2.06. The highest BCUT2D eigenvalue weighted by molar-refractivity contribution is 5.73. The summed E-state index contributed by atoms with van der Waals surface area (Å²) in [6, 6.07) is 12.0. The summed E-state index contributed by atoms with van der Waals surface area (Å²) >= 11 is 0. The largest absolute Gasteiger partial charge is 1.00 e. The summed E-state index contributed by atoms with van der Waals surface area (Å²) in [5, 5.41) is 11.8. The van der Waals surface area contributed by atoms with Gasteiger partial charge in [0.05, 0.1) is 12.1 Å². The van der Waals surface area contributed by atoms with Crippen LogP contribution in [-0.2, 0) is 18.1 Å². The molecule has 0 spiro atoms. The number of anilines is 1. The molecule has 7 heteroatoms. The monoisotopic (exact) mass is 417 g/mol. The number of halogens is 1. The van der Waals surface area contributed by atoms with Gasteiger partial charge in [-0.3, -0.25) is 0 Å². The van der Waals surface area contributed by atoms with E-state index in [4.69, 9.17) is 4.74 Å². The van der Waals surface area contributed by atoms with Crippen LogP contribution in [0.1, 0.15) is 51.9 Å². The fourth-order valence-corrected chi connectivity index (χ4v) is 3.24. The van der Waals surface area contributed by atoms with Gasteiger partial charge in [0, 0.05) is 6.07 Å². The third-order valence-corrected chi connectivity index (χ3v) is 4.84. The first-order valence-electron chi connectivity index (χ1n) is 10.5. The zero-order valence-corrected chi connectivity index (χ0v) is 18.0. The Morgan fingerprint density at radius 2 is 1.79 bits per heavy atom. The van der Waals surface area contributed by atoms with Gasteiger partial charge in [0.2, 0.25) is 0 Å². The number of ether oxygens (including phenoxy) is 1. The van der Waals surface area contributed by atoms with Crippen molar-refractivity contribution in [2.24, 2.45) is 0 Å². The Labute approximate surface area is 179 Å². The predicted molar refractivity (Wildman–Crippen MR) is 112 cm³/mol. The van der Waals surface area contributed by atoms with Crippen LogP contribution < -0.4 is 22.3 Å². The van der Waals surface area contributed by atoms with E-state index >= 15 is 0 Å². The van der Waals surface area contributed by atoms with Crippen molar-refractivity contribution < 1.29 is 21.7 Å². The van der Waals surface area contributed by atoms with Gasteiger partial charge in [-0.05, 0) is 24.6 Å². The van der Waals surface area contributed by atoms with Gasteiger partial charge in [-0.2, -0.15) is 4.57 Å². The predicted octanol–water partition coefficient (Wildman–Crippen LogP) is 1.52. The summed E-state index contributed by atoms with van der Waals surface area (Å²) < 4.78 is 9.74. The zero-order chi connectivity index (χ0) is 19.4. The lowest BCUT2D eigenvalue weighted by atomic mass is 10.1. The number of hydrogen-bond acceptors (Lipinski definition) is 4. The van der Waals surface area contributed by atoms with Crippen molar-refractivity contribution in [1.29, 1.82) is 0 Å². The van der Waals surface area contributed by atoms with Gasteiger partial charge in [0.25, 0.3) is 6.73 Å². The van der Waals surface area contributed by atoms with Crippen LogP contribution in [0, 0.1) is 0 Å². The van der Waals surface area contributed by atoms with E-state index in [1.807, 2.05) is 47.3 Å². The van der Waals surface area contributed by atoms with Crippen LogP contribution in [0.4, 0.5) is 5.69 Å². The van der Waals surface area contributed by atoms with Crippen molar-refractivity contribution in [3.05, 3.63) is 48.8 Å². The number of nitrogens with one attached hydrogen (secondary N) is 1. The molecular formula is C22H32ClN5O. The molecule has 158 valence electrons. The molecule has 0 aliphatic carbocycles. The molecule has 0 amide bonds. The number of rotatable bonds is 13. The van der Waals surface area contributed by atoms with E-state index < -0.39 is 0 Å². The second kappa shape index (κ2) is 13.1. The van der Waals surface area contributed by atoms with Gasteiger partial charge < -0.3 is 22.5 Å². The summed E-state index contributed by atoms with van der Waals surface area (Å²) in [6.07, 6.45) is 13.2. The molecule has 0 radical (unpaired) electrons. The zero-order valence-electron chi connectivity index (χ0n) is 17.3. The molecule has 6 nitrogen and oxygen atoms in total. The molecule has 1 aromatic carbocycles. The maximum atomic E-state index is 5.82. The Kier molecular flexibility index (Phi) is 10.5. The smallest absolute Gasteiger partial charge is 0.252 e. The molecule has 0 saturated heterocycles. The number of nitrogens with zero attached hydrogens (tertiary/aromatic N) is 4. The van der Waals surface area contributed by atoms with Gasteiger partial charge in [0.1, 0.15) is 17.9 Å². The molecule has 0 fully saturated rings. The van der Waals surface area contributed by atoms with Crippen molar-refractivity contribution in [3.8, 4) is 0 Å². The molecule has 3 aromatic rings. The lowest BCUT2D eigenvalue weighted by Crippen LogP contribution is -3.00. The Balaban J connectivity index is 0.00000300. The van der Waals surface area contributed by atoms with E-state index in [1.54, 1.807) is 0 Å². The van der Waals surface area contributed by atoms with Crippen LogP contribution in [0.25, 0.3) is 11.0 Å². The molecule has 1 N–H and O–H groups in total. The van der Waals surface area contributed by atoms with Crippen molar-refractivity contribution in [3.63, 3.8) is 0 Å². The number of para-hydroxylation sites is 1. The normalized spacial score (nSPS) is 10.8. The second-order valence-corrected chi connectivity index (χ2v) is 7.18. The van der Waals surface area contributed by atoms with Crippen LogP contribution in [0.5, 0.6) is 0 Å². The first-order chi connectivity index (χ1) is 13.9. The maximum absolute atomic E-state index is 5.82. The fraction of sp³-hybridized carbons (Fsp3) is 0.500. The Bertz CT molecular complexity index is 839. The number of aromatic nitrogens is 4. The van der Waals surface area contributed by atoms with Crippen molar-refractivity contribution in [1.82, 2.24) is 15.0 Å². The Morgan fingerprint density at radius 1 is 1.00 bits per heavy atom. The molecule has 0 saturated carbocycles. The molecule has 0 atom stereocenters. The molecular weight excluding hydrogens is 386 g/mol. The van der Waals surface area contributed by atoms with Crippen LogP contribution in [0.3, 0.4) is 0 Å². The van der Waals surface area contributed by atoms with Gasteiger partial charge in [-0.1, -0.05) is 62.8 Å². The van der Waals surface area contributed by atoms with Crippen LogP contribution in [0.2, 0.25) is 0 Å². The quantitative estimate of drug-likeness (QED) is 0.338. The molecule has 3 rings (SSSR count). The van der Waals surface area contributed by atoms with Crippen LogP contribution in [-0.4, -0.2) is 21.6 Å². The van der Waals surface area contributed by atoms with Crippen LogP contribution in [0.15, 0.2) is 48.8 Å². The van der Waals surface area contributed by atoms with E-state index in [1.165, 1.54) is 38.5 Å². The van der Waals surface area contributed by atoms with Crippen molar-refractivity contribution in [2.75, 3.05) is 11.9 Å². The number of unbranched alkanes of at least 4 members (excludes halogenated alkanes) is 6. The summed E-state index contributed by atoms with van der Waals surface area (Å²) in [4.78, 5) is 0.